The molecule has 2 heterocycles. The normalized spacial score (nSPS) is 11.3. The van der Waals surface area contributed by atoms with E-state index in [-0.39, 0.29) is 11.9 Å². The molecule has 0 saturated carbocycles. The summed E-state index contributed by atoms with van der Waals surface area (Å²) < 4.78 is 0. The van der Waals surface area contributed by atoms with Crippen molar-refractivity contribution in [2.75, 3.05) is 22.9 Å². The van der Waals surface area contributed by atoms with Crippen LogP contribution in [0.2, 0.25) is 0 Å². The van der Waals surface area contributed by atoms with Crippen LogP contribution >= 0.6 is 0 Å². The fraction of sp³-hybridized carbons (Fsp3) is 0.125. The van der Waals surface area contributed by atoms with Gasteiger partial charge in [0.25, 0.3) is 0 Å². The van der Waals surface area contributed by atoms with Gasteiger partial charge < -0.3 is 21.3 Å². The molecule has 2 aromatic rings. The van der Waals surface area contributed by atoms with Gasteiger partial charge in [-0.05, 0) is 24.3 Å². The predicted molar refractivity (Wildman–Crippen MR) is 97.6 cm³/mol. The Hall–Kier alpha value is -4.18. The highest BCUT2D eigenvalue weighted by atomic mass is 15.3. The summed E-state index contributed by atoms with van der Waals surface area (Å²) in [6.07, 6.45) is 9.78. The lowest BCUT2D eigenvalue weighted by atomic mass is 10.3. The zero-order valence-corrected chi connectivity index (χ0v) is 13.8. The molecule has 0 saturated heterocycles. The number of aliphatic imine (C=N–C) groups is 2. The first-order valence-corrected chi connectivity index (χ1v) is 7.47. The molecule has 130 valence electrons. The third-order valence-corrected chi connectivity index (χ3v) is 3.34. The third kappa shape index (κ3) is 4.66. The SMILES string of the molecule is N#CN=C(N)N(CCN(C(N)=NC#N)c1cccnc1)c1cccnc1. The number of nitrogens with zero attached hydrogens (tertiary/aromatic N) is 8. The maximum Gasteiger partial charge on any atom is 0.211 e. The predicted octanol–water partition coefficient (Wildman–Crippen LogP) is 0.381. The van der Waals surface area contributed by atoms with Gasteiger partial charge in [-0.3, -0.25) is 9.97 Å². The van der Waals surface area contributed by atoms with E-state index in [1.54, 1.807) is 71.2 Å². The third-order valence-electron chi connectivity index (χ3n) is 3.34. The second-order valence-corrected chi connectivity index (χ2v) is 4.87. The number of guanidine groups is 2. The molecule has 0 aliphatic heterocycles. The van der Waals surface area contributed by atoms with Crippen LogP contribution in [0.3, 0.4) is 0 Å². The Morgan fingerprint density at radius 3 is 1.62 bits per heavy atom. The van der Waals surface area contributed by atoms with Crippen LogP contribution in [0.25, 0.3) is 0 Å². The smallest absolute Gasteiger partial charge is 0.211 e. The van der Waals surface area contributed by atoms with E-state index in [0.717, 1.165) is 0 Å². The quantitative estimate of drug-likeness (QED) is 0.446. The minimum Gasteiger partial charge on any atom is -0.369 e. The fourth-order valence-corrected chi connectivity index (χ4v) is 2.20. The van der Waals surface area contributed by atoms with Crippen molar-refractivity contribution in [3.8, 4) is 12.4 Å². The highest BCUT2D eigenvalue weighted by molar-refractivity contribution is 5.97. The van der Waals surface area contributed by atoms with Crippen LogP contribution in [-0.4, -0.2) is 35.0 Å². The Morgan fingerprint density at radius 2 is 1.31 bits per heavy atom. The number of aromatic nitrogens is 2. The lowest BCUT2D eigenvalue weighted by Crippen LogP contribution is -2.46. The van der Waals surface area contributed by atoms with Crippen LogP contribution in [0.4, 0.5) is 11.4 Å². The number of nitriles is 2. The molecule has 0 fully saturated rings. The zero-order chi connectivity index (χ0) is 18.8. The highest BCUT2D eigenvalue weighted by Gasteiger charge is 2.16. The van der Waals surface area contributed by atoms with Crippen LogP contribution in [0.1, 0.15) is 0 Å². The number of nitrogens with two attached hydrogens (primary N) is 2. The van der Waals surface area contributed by atoms with E-state index in [0.29, 0.717) is 24.5 Å². The van der Waals surface area contributed by atoms with E-state index in [1.807, 2.05) is 0 Å². The van der Waals surface area contributed by atoms with Crippen LogP contribution in [0.15, 0.2) is 59.0 Å². The maximum absolute atomic E-state index is 8.79. The van der Waals surface area contributed by atoms with Gasteiger partial charge in [0.1, 0.15) is 0 Å². The van der Waals surface area contributed by atoms with Crippen LogP contribution < -0.4 is 21.3 Å². The van der Waals surface area contributed by atoms with Gasteiger partial charge in [0, 0.05) is 25.5 Å². The summed E-state index contributed by atoms with van der Waals surface area (Å²) in [6, 6.07) is 7.06. The molecule has 2 aromatic heterocycles. The average Bonchev–Trinajstić information content (AvgIpc) is 2.67. The summed E-state index contributed by atoms with van der Waals surface area (Å²) in [4.78, 5) is 18.5. The van der Waals surface area contributed by atoms with Gasteiger partial charge >= 0.3 is 0 Å². The standard InChI is InChI=1S/C16H16N10/c17-11-23-15(19)25(13-3-1-5-21-9-13)7-8-26(16(20)24-12-18)14-4-2-6-22-10-14/h1-6,9-10H,7-8H2,(H2,19,23)(H2,20,24). The molecule has 0 bridgehead atoms. The number of pyridine rings is 2. The van der Waals surface area contributed by atoms with Gasteiger partial charge in [0.15, 0.2) is 0 Å². The minimum atomic E-state index is 0.0161. The monoisotopic (exact) mass is 348 g/mol. The van der Waals surface area contributed by atoms with E-state index in [1.165, 1.54) is 0 Å². The van der Waals surface area contributed by atoms with Crippen LogP contribution in [-0.2, 0) is 0 Å². The number of anilines is 2. The van der Waals surface area contributed by atoms with Crippen molar-refractivity contribution in [2.24, 2.45) is 21.5 Å². The Kier molecular flexibility index (Phi) is 6.43. The Labute approximate surface area is 150 Å². The summed E-state index contributed by atoms with van der Waals surface area (Å²) in [7, 11) is 0. The van der Waals surface area contributed by atoms with Crippen LogP contribution in [0, 0.1) is 22.9 Å². The molecular formula is C16H16N10. The molecule has 0 aliphatic rings. The van der Waals surface area contributed by atoms with Gasteiger partial charge in [-0.25, -0.2) is 0 Å². The Bertz CT molecular complexity index is 775. The Morgan fingerprint density at radius 1 is 0.885 bits per heavy atom. The molecule has 0 aromatic carbocycles. The summed E-state index contributed by atoms with van der Waals surface area (Å²) >= 11 is 0. The first-order valence-electron chi connectivity index (χ1n) is 7.47. The maximum atomic E-state index is 8.79. The van der Waals surface area contributed by atoms with Crippen molar-refractivity contribution in [1.29, 1.82) is 10.5 Å². The molecule has 0 atom stereocenters. The first-order chi connectivity index (χ1) is 12.7. The zero-order valence-electron chi connectivity index (χ0n) is 13.8. The summed E-state index contributed by atoms with van der Waals surface area (Å²) in [5.74, 6) is 0.0323. The van der Waals surface area contributed by atoms with Gasteiger partial charge in [0.2, 0.25) is 24.3 Å². The molecule has 10 heteroatoms. The summed E-state index contributed by atoms with van der Waals surface area (Å²) in [5, 5.41) is 17.6. The molecule has 2 rings (SSSR count). The van der Waals surface area contributed by atoms with Crippen molar-refractivity contribution < 1.29 is 0 Å². The molecule has 0 unspecified atom stereocenters. The second-order valence-electron chi connectivity index (χ2n) is 4.87. The molecule has 10 nitrogen and oxygen atoms in total. The molecular weight excluding hydrogens is 332 g/mol. The number of hydrogen-bond donors (Lipinski definition) is 2. The van der Waals surface area contributed by atoms with Crippen molar-refractivity contribution in [2.45, 2.75) is 0 Å². The molecule has 0 aliphatic carbocycles. The van der Waals surface area contributed by atoms with Crippen molar-refractivity contribution in [3.05, 3.63) is 49.1 Å². The second kappa shape index (κ2) is 9.20. The molecule has 26 heavy (non-hydrogen) atoms. The summed E-state index contributed by atoms with van der Waals surface area (Å²) in [6.45, 7) is 0.610. The van der Waals surface area contributed by atoms with Gasteiger partial charge in [-0.2, -0.15) is 10.5 Å². The average molecular weight is 348 g/mol. The molecule has 4 N–H and O–H groups in total. The fourth-order valence-electron chi connectivity index (χ4n) is 2.20. The first kappa shape index (κ1) is 18.2. The topological polar surface area (TPSA) is 157 Å². The highest BCUT2D eigenvalue weighted by Crippen LogP contribution is 2.15. The number of hydrogen-bond acceptors (Lipinski definition) is 6. The van der Waals surface area contributed by atoms with E-state index in [4.69, 9.17) is 22.0 Å². The van der Waals surface area contributed by atoms with Gasteiger partial charge in [-0.1, -0.05) is 0 Å². The van der Waals surface area contributed by atoms with E-state index in [9.17, 15) is 0 Å². The largest absolute Gasteiger partial charge is 0.369 e. The lowest BCUT2D eigenvalue weighted by Gasteiger charge is -2.28. The van der Waals surface area contributed by atoms with E-state index in [2.05, 4.69) is 20.0 Å². The van der Waals surface area contributed by atoms with Crippen molar-refractivity contribution in [1.82, 2.24) is 9.97 Å². The van der Waals surface area contributed by atoms with E-state index >= 15 is 0 Å². The lowest BCUT2D eigenvalue weighted by molar-refractivity contribution is 0.900. The van der Waals surface area contributed by atoms with E-state index < -0.39 is 0 Å². The van der Waals surface area contributed by atoms with Crippen LogP contribution in [0.5, 0.6) is 0 Å². The number of rotatable bonds is 5. The molecule has 0 spiro atoms. The van der Waals surface area contributed by atoms with Gasteiger partial charge in [-0.15, -0.1) is 9.98 Å². The molecule has 0 radical (unpaired) electrons. The molecule has 0 amide bonds. The summed E-state index contributed by atoms with van der Waals surface area (Å²) in [5.41, 5.74) is 13.1. The minimum absolute atomic E-state index is 0.0161. The van der Waals surface area contributed by atoms with Gasteiger partial charge in [0.05, 0.1) is 23.8 Å². The van der Waals surface area contributed by atoms with Crippen molar-refractivity contribution in [3.63, 3.8) is 0 Å². The van der Waals surface area contributed by atoms with Crippen molar-refractivity contribution >= 4 is 23.3 Å². The Balaban J connectivity index is 2.29.